The number of carboxylic acid groups (broad SMARTS) is 1. The van der Waals surface area contributed by atoms with Gasteiger partial charge in [-0.2, -0.15) is 0 Å². The number of nitrogens with one attached hydrogen (secondary N) is 3. The number of carboxylic acids is 1. The lowest BCUT2D eigenvalue weighted by atomic mass is 10.0. The molecule has 0 aliphatic carbocycles. The Morgan fingerprint density at radius 3 is 1.83 bits per heavy atom. The molecule has 3 unspecified atom stereocenters. The van der Waals surface area contributed by atoms with Crippen molar-refractivity contribution in [1.29, 1.82) is 0 Å². The third-order valence-corrected chi connectivity index (χ3v) is 3.78. The van der Waals surface area contributed by atoms with E-state index in [1.54, 1.807) is 13.8 Å². The van der Waals surface area contributed by atoms with E-state index >= 15 is 0 Å². The SMILES string of the molecule is CC(C)C(NC(=O)CN)C(=O)NC(CCC(N)=O)C(=O)NC(CC(N)=O)C(=O)O. The number of hydrogen-bond donors (Lipinski definition) is 7. The molecule has 0 aromatic rings. The van der Waals surface area contributed by atoms with Gasteiger partial charge >= 0.3 is 5.97 Å². The maximum Gasteiger partial charge on any atom is 0.326 e. The third-order valence-electron chi connectivity index (χ3n) is 3.78. The number of rotatable bonds is 13. The molecule has 13 nitrogen and oxygen atoms in total. The predicted octanol–water partition coefficient (Wildman–Crippen LogP) is -3.72. The van der Waals surface area contributed by atoms with E-state index in [9.17, 15) is 28.8 Å². The molecule has 0 spiro atoms. The standard InChI is InChI=1S/C16H28N6O7/c1-7(2)13(22-12(25)6-17)15(27)20-8(3-4-10(18)23)14(26)21-9(16(28)29)5-11(19)24/h7-9,13H,3-6,17H2,1-2H3,(H2,18,23)(H2,19,24)(H,20,27)(H,21,26)(H,22,25)(H,28,29). The smallest absolute Gasteiger partial charge is 0.326 e. The highest BCUT2D eigenvalue weighted by atomic mass is 16.4. The number of hydrogen-bond acceptors (Lipinski definition) is 7. The van der Waals surface area contributed by atoms with Gasteiger partial charge in [0.25, 0.3) is 0 Å². The lowest BCUT2D eigenvalue weighted by Gasteiger charge is -2.25. The normalized spacial score (nSPS) is 13.7. The van der Waals surface area contributed by atoms with Gasteiger partial charge in [0.15, 0.2) is 0 Å². The summed E-state index contributed by atoms with van der Waals surface area (Å²) in [7, 11) is 0. The number of aliphatic carboxylic acids is 1. The summed E-state index contributed by atoms with van der Waals surface area (Å²) in [5.74, 6) is -5.88. The van der Waals surface area contributed by atoms with Crippen LogP contribution in [0, 0.1) is 5.92 Å². The number of amides is 5. The van der Waals surface area contributed by atoms with Crippen molar-refractivity contribution >= 4 is 35.5 Å². The van der Waals surface area contributed by atoms with Crippen LogP contribution in [0.3, 0.4) is 0 Å². The summed E-state index contributed by atoms with van der Waals surface area (Å²) in [5, 5.41) is 15.9. The number of carbonyl (C=O) groups excluding carboxylic acids is 5. The van der Waals surface area contributed by atoms with Crippen LogP contribution in [-0.4, -0.2) is 65.3 Å². The molecule has 0 saturated heterocycles. The van der Waals surface area contributed by atoms with E-state index in [4.69, 9.17) is 22.3 Å². The van der Waals surface area contributed by atoms with Crippen LogP contribution in [-0.2, 0) is 28.8 Å². The Labute approximate surface area is 167 Å². The molecule has 0 radical (unpaired) electrons. The quantitative estimate of drug-likeness (QED) is 0.157. The first-order chi connectivity index (χ1) is 13.4. The van der Waals surface area contributed by atoms with Crippen LogP contribution >= 0.6 is 0 Å². The lowest BCUT2D eigenvalue weighted by molar-refractivity contribution is -0.144. The molecule has 164 valence electrons. The summed E-state index contributed by atoms with van der Waals surface area (Å²) in [4.78, 5) is 69.8. The van der Waals surface area contributed by atoms with Gasteiger partial charge < -0.3 is 38.3 Å². The molecule has 0 aromatic carbocycles. The van der Waals surface area contributed by atoms with Crippen molar-refractivity contribution in [3.05, 3.63) is 0 Å². The maximum absolute atomic E-state index is 12.5. The van der Waals surface area contributed by atoms with Crippen LogP contribution in [0.25, 0.3) is 0 Å². The Balaban J connectivity index is 5.41. The Morgan fingerprint density at radius 2 is 1.41 bits per heavy atom. The molecular weight excluding hydrogens is 388 g/mol. The molecule has 0 fully saturated rings. The summed E-state index contributed by atoms with van der Waals surface area (Å²) in [6.07, 6.45) is -1.18. The van der Waals surface area contributed by atoms with Crippen molar-refractivity contribution in [2.75, 3.05) is 6.54 Å². The zero-order valence-corrected chi connectivity index (χ0v) is 16.3. The van der Waals surface area contributed by atoms with Crippen LogP contribution in [0.4, 0.5) is 0 Å². The van der Waals surface area contributed by atoms with Gasteiger partial charge in [-0.25, -0.2) is 4.79 Å². The Morgan fingerprint density at radius 1 is 0.862 bits per heavy atom. The van der Waals surface area contributed by atoms with E-state index in [2.05, 4.69) is 16.0 Å². The molecule has 5 amide bonds. The van der Waals surface area contributed by atoms with E-state index in [1.165, 1.54) is 0 Å². The second-order valence-electron chi connectivity index (χ2n) is 6.63. The summed E-state index contributed by atoms with van der Waals surface area (Å²) < 4.78 is 0. The fourth-order valence-corrected chi connectivity index (χ4v) is 2.26. The molecule has 0 aromatic heterocycles. The third kappa shape index (κ3) is 10.0. The van der Waals surface area contributed by atoms with Gasteiger partial charge in [-0.05, 0) is 12.3 Å². The molecule has 13 heteroatoms. The minimum absolute atomic E-state index is 0.231. The molecule has 3 atom stereocenters. The minimum Gasteiger partial charge on any atom is -0.480 e. The number of nitrogens with two attached hydrogens (primary N) is 3. The second-order valence-corrected chi connectivity index (χ2v) is 6.63. The van der Waals surface area contributed by atoms with Crippen LogP contribution < -0.4 is 33.2 Å². The summed E-state index contributed by atoms with van der Waals surface area (Å²) in [6, 6.07) is -4.00. The predicted molar refractivity (Wildman–Crippen MR) is 99.6 cm³/mol. The van der Waals surface area contributed by atoms with Crippen molar-refractivity contribution in [1.82, 2.24) is 16.0 Å². The maximum atomic E-state index is 12.5. The molecule has 29 heavy (non-hydrogen) atoms. The number of primary amides is 2. The van der Waals surface area contributed by atoms with Crippen molar-refractivity contribution in [3.63, 3.8) is 0 Å². The van der Waals surface area contributed by atoms with Gasteiger partial charge in [-0.3, -0.25) is 24.0 Å². The first-order valence-electron chi connectivity index (χ1n) is 8.78. The molecular formula is C16H28N6O7. The Bertz CT molecular complexity index is 652. The highest BCUT2D eigenvalue weighted by Crippen LogP contribution is 2.06. The summed E-state index contributed by atoms with van der Waals surface area (Å²) in [5.41, 5.74) is 15.3. The molecule has 0 saturated carbocycles. The highest BCUT2D eigenvalue weighted by Gasteiger charge is 2.31. The zero-order chi connectivity index (χ0) is 22.7. The van der Waals surface area contributed by atoms with Crippen molar-refractivity contribution in [3.8, 4) is 0 Å². The van der Waals surface area contributed by atoms with Gasteiger partial charge in [-0.1, -0.05) is 13.8 Å². The first kappa shape index (κ1) is 25.8. The highest BCUT2D eigenvalue weighted by molar-refractivity contribution is 5.94. The number of carbonyl (C=O) groups is 6. The van der Waals surface area contributed by atoms with Crippen LogP contribution in [0.15, 0.2) is 0 Å². The van der Waals surface area contributed by atoms with Gasteiger partial charge in [0, 0.05) is 6.42 Å². The van der Waals surface area contributed by atoms with Gasteiger partial charge in [0.05, 0.1) is 13.0 Å². The van der Waals surface area contributed by atoms with E-state index in [0.717, 1.165) is 0 Å². The van der Waals surface area contributed by atoms with Gasteiger partial charge in [0.2, 0.25) is 29.5 Å². The second kappa shape index (κ2) is 12.3. The van der Waals surface area contributed by atoms with E-state index in [0.29, 0.717) is 0 Å². The molecule has 0 bridgehead atoms. The summed E-state index contributed by atoms with van der Waals surface area (Å²) >= 11 is 0. The molecule has 0 heterocycles. The minimum atomic E-state index is -1.62. The molecule has 0 aliphatic rings. The fourth-order valence-electron chi connectivity index (χ4n) is 2.26. The molecule has 0 aliphatic heterocycles. The molecule has 0 rings (SSSR count). The van der Waals surface area contributed by atoms with Crippen LogP contribution in [0.1, 0.15) is 33.1 Å². The monoisotopic (exact) mass is 416 g/mol. The van der Waals surface area contributed by atoms with E-state index in [-0.39, 0.29) is 25.3 Å². The average Bonchev–Trinajstić information content (AvgIpc) is 2.60. The van der Waals surface area contributed by atoms with E-state index < -0.39 is 60.1 Å². The average molecular weight is 416 g/mol. The topological polar surface area (TPSA) is 237 Å². The first-order valence-corrected chi connectivity index (χ1v) is 8.78. The van der Waals surface area contributed by atoms with Crippen molar-refractivity contribution in [2.24, 2.45) is 23.1 Å². The molecule has 10 N–H and O–H groups in total. The summed E-state index contributed by atoms with van der Waals surface area (Å²) in [6.45, 7) is 2.94. The Kier molecular flexibility index (Phi) is 10.9. The van der Waals surface area contributed by atoms with Crippen LogP contribution in [0.5, 0.6) is 0 Å². The van der Waals surface area contributed by atoms with Crippen LogP contribution in [0.2, 0.25) is 0 Å². The zero-order valence-electron chi connectivity index (χ0n) is 16.3. The Hall–Kier alpha value is -3.22. The largest absolute Gasteiger partial charge is 0.480 e. The van der Waals surface area contributed by atoms with Crippen molar-refractivity contribution < 1.29 is 33.9 Å². The van der Waals surface area contributed by atoms with E-state index in [1.807, 2.05) is 0 Å². The lowest BCUT2D eigenvalue weighted by Crippen LogP contribution is -2.57. The van der Waals surface area contributed by atoms with Crippen molar-refractivity contribution in [2.45, 2.75) is 51.2 Å². The van der Waals surface area contributed by atoms with Gasteiger partial charge in [-0.15, -0.1) is 0 Å². The van der Waals surface area contributed by atoms with Gasteiger partial charge in [0.1, 0.15) is 18.1 Å². The fraction of sp³-hybridized carbons (Fsp3) is 0.625.